The fraction of sp³-hybridized carbons (Fsp3) is 0.615. The molecule has 0 fully saturated rings. The van der Waals surface area contributed by atoms with Crippen LogP contribution in [0.3, 0.4) is 0 Å². The van der Waals surface area contributed by atoms with Crippen LogP contribution in [-0.4, -0.2) is 53.1 Å². The molecular formula is C13H22N2O6S. The molecule has 0 saturated carbocycles. The number of carboxylic acid groups (broad SMARTS) is 1. The zero-order valence-corrected chi connectivity index (χ0v) is 13.7. The van der Waals surface area contributed by atoms with Crippen LogP contribution < -0.4 is 10.6 Å². The minimum absolute atomic E-state index is 0.0658. The quantitative estimate of drug-likeness (QED) is 0.351. The highest BCUT2D eigenvalue weighted by Crippen LogP contribution is 2.08. The minimum Gasteiger partial charge on any atom is -0.480 e. The van der Waals surface area contributed by atoms with Gasteiger partial charge in [0.15, 0.2) is 0 Å². The first-order valence-corrected chi connectivity index (χ1v) is 7.62. The lowest BCUT2D eigenvalue weighted by atomic mass is 10.2. The average molecular weight is 334 g/mol. The summed E-state index contributed by atoms with van der Waals surface area (Å²) in [7, 11) is 0. The molecule has 0 aliphatic rings. The number of hydrogen-bond acceptors (Lipinski definition) is 6. The predicted molar refractivity (Wildman–Crippen MR) is 82.8 cm³/mol. The summed E-state index contributed by atoms with van der Waals surface area (Å²) in [5.74, 6) is -0.973. The maximum atomic E-state index is 11.5. The molecule has 8 nitrogen and oxygen atoms in total. The summed E-state index contributed by atoms with van der Waals surface area (Å²) < 4.78 is 9.66. The number of thioether (sulfide) groups is 1. The van der Waals surface area contributed by atoms with Crippen molar-refractivity contribution < 1.29 is 29.0 Å². The molecule has 0 aliphatic carbocycles. The fourth-order valence-corrected chi connectivity index (χ4v) is 1.90. The van der Waals surface area contributed by atoms with Crippen LogP contribution in [0.25, 0.3) is 0 Å². The Labute approximate surface area is 133 Å². The van der Waals surface area contributed by atoms with E-state index in [1.807, 2.05) is 0 Å². The zero-order valence-electron chi connectivity index (χ0n) is 12.9. The van der Waals surface area contributed by atoms with Gasteiger partial charge in [-0.2, -0.15) is 0 Å². The molecule has 0 aliphatic heterocycles. The van der Waals surface area contributed by atoms with Crippen LogP contribution in [0.1, 0.15) is 20.8 Å². The summed E-state index contributed by atoms with van der Waals surface area (Å²) in [5.41, 5.74) is -0.712. The van der Waals surface area contributed by atoms with Crippen LogP contribution in [0.2, 0.25) is 0 Å². The highest BCUT2D eigenvalue weighted by Gasteiger charge is 2.23. The van der Waals surface area contributed by atoms with Gasteiger partial charge in [-0.1, -0.05) is 12.7 Å². The van der Waals surface area contributed by atoms with E-state index in [0.717, 1.165) is 11.8 Å². The van der Waals surface area contributed by atoms with Crippen molar-refractivity contribution in [1.29, 1.82) is 0 Å². The molecule has 0 aromatic rings. The molecule has 1 atom stereocenters. The second kappa shape index (κ2) is 9.93. The Kier molecular flexibility index (Phi) is 9.07. The molecule has 0 aromatic heterocycles. The number of hydrogen-bond donors (Lipinski definition) is 3. The van der Waals surface area contributed by atoms with Crippen LogP contribution in [0.5, 0.6) is 0 Å². The monoisotopic (exact) mass is 334 g/mol. The minimum atomic E-state index is -1.19. The molecule has 3 N–H and O–H groups in total. The van der Waals surface area contributed by atoms with E-state index in [2.05, 4.69) is 21.9 Å². The number of ether oxygens (including phenoxy) is 2. The normalized spacial score (nSPS) is 12.0. The Morgan fingerprint density at radius 1 is 1.32 bits per heavy atom. The number of nitrogens with one attached hydrogen (secondary N) is 2. The van der Waals surface area contributed by atoms with Crippen molar-refractivity contribution in [2.75, 3.05) is 18.2 Å². The maximum Gasteiger partial charge on any atom is 0.408 e. The van der Waals surface area contributed by atoms with Gasteiger partial charge in [0.05, 0.1) is 5.88 Å². The summed E-state index contributed by atoms with van der Waals surface area (Å²) in [6.45, 7) is 8.52. The van der Waals surface area contributed by atoms with Crippen molar-refractivity contribution in [3.63, 3.8) is 0 Å². The van der Waals surface area contributed by atoms with Gasteiger partial charge in [0.1, 0.15) is 18.2 Å². The van der Waals surface area contributed by atoms with Crippen LogP contribution in [0, 0.1) is 0 Å². The molecule has 2 amide bonds. The standard InChI is InChI=1S/C13H22N2O6S/c1-5-6-20-11(18)14-8-22-7-9(10(16)17)15-12(19)21-13(2,3)4/h5,9H,1,6-8H2,2-4H3,(H,14,18)(H,15,19)(H,16,17)/t9-/m0/s1. The lowest BCUT2D eigenvalue weighted by Gasteiger charge is -2.21. The summed E-state index contributed by atoms with van der Waals surface area (Å²) >= 11 is 1.12. The van der Waals surface area contributed by atoms with Gasteiger partial charge in [-0.25, -0.2) is 14.4 Å². The molecule has 0 radical (unpaired) electrons. The Bertz CT molecular complexity index is 408. The van der Waals surface area contributed by atoms with Gasteiger partial charge in [0, 0.05) is 5.75 Å². The summed E-state index contributed by atoms with van der Waals surface area (Å²) in [6, 6.07) is -1.12. The van der Waals surface area contributed by atoms with Gasteiger partial charge in [-0.3, -0.25) is 0 Å². The first-order valence-electron chi connectivity index (χ1n) is 6.47. The molecule has 0 heterocycles. The van der Waals surface area contributed by atoms with Crippen molar-refractivity contribution in [1.82, 2.24) is 10.6 Å². The van der Waals surface area contributed by atoms with E-state index in [1.165, 1.54) is 6.08 Å². The highest BCUT2D eigenvalue weighted by atomic mass is 32.2. The van der Waals surface area contributed by atoms with Gasteiger partial charge in [-0.15, -0.1) is 11.8 Å². The fourth-order valence-electron chi connectivity index (χ4n) is 1.10. The van der Waals surface area contributed by atoms with Gasteiger partial charge in [0.2, 0.25) is 0 Å². The third kappa shape index (κ3) is 10.8. The van der Waals surface area contributed by atoms with E-state index >= 15 is 0 Å². The molecule has 22 heavy (non-hydrogen) atoms. The Balaban J connectivity index is 4.10. The Hall–Kier alpha value is -1.90. The molecule has 0 bridgehead atoms. The first-order chi connectivity index (χ1) is 10.2. The van der Waals surface area contributed by atoms with E-state index in [4.69, 9.17) is 9.84 Å². The highest BCUT2D eigenvalue weighted by molar-refractivity contribution is 7.99. The van der Waals surface area contributed by atoms with Crippen molar-refractivity contribution in [2.24, 2.45) is 0 Å². The van der Waals surface area contributed by atoms with Crippen molar-refractivity contribution in [3.8, 4) is 0 Å². The number of carbonyl (C=O) groups is 3. The molecule has 0 aromatic carbocycles. The number of alkyl carbamates (subject to hydrolysis) is 2. The third-order valence-corrected chi connectivity index (χ3v) is 2.84. The topological polar surface area (TPSA) is 114 Å². The predicted octanol–water partition coefficient (Wildman–Crippen LogP) is 1.57. The van der Waals surface area contributed by atoms with Crippen molar-refractivity contribution in [3.05, 3.63) is 12.7 Å². The summed E-state index contributed by atoms with van der Waals surface area (Å²) in [6.07, 6.45) is -0.00369. The Morgan fingerprint density at radius 2 is 1.95 bits per heavy atom. The average Bonchev–Trinajstić information content (AvgIpc) is 2.37. The van der Waals surface area contributed by atoms with Gasteiger partial charge >= 0.3 is 18.2 Å². The van der Waals surface area contributed by atoms with E-state index in [-0.39, 0.29) is 18.2 Å². The molecule has 9 heteroatoms. The maximum absolute atomic E-state index is 11.5. The zero-order chi connectivity index (χ0) is 17.2. The van der Waals surface area contributed by atoms with E-state index in [0.29, 0.717) is 0 Å². The molecule has 126 valence electrons. The van der Waals surface area contributed by atoms with Crippen molar-refractivity contribution >= 4 is 29.9 Å². The lowest BCUT2D eigenvalue weighted by molar-refractivity contribution is -0.138. The second-order valence-corrected chi connectivity index (χ2v) is 6.15. The van der Waals surface area contributed by atoms with E-state index in [9.17, 15) is 14.4 Å². The number of carboxylic acids is 1. The molecular weight excluding hydrogens is 312 g/mol. The van der Waals surface area contributed by atoms with Gasteiger partial charge < -0.3 is 25.2 Å². The largest absolute Gasteiger partial charge is 0.480 e. The molecule has 0 spiro atoms. The van der Waals surface area contributed by atoms with Crippen LogP contribution >= 0.6 is 11.8 Å². The number of rotatable bonds is 8. The molecule has 0 rings (SSSR count). The van der Waals surface area contributed by atoms with Crippen LogP contribution in [0.15, 0.2) is 12.7 Å². The lowest BCUT2D eigenvalue weighted by Crippen LogP contribution is -2.45. The van der Waals surface area contributed by atoms with Crippen LogP contribution in [-0.2, 0) is 14.3 Å². The smallest absolute Gasteiger partial charge is 0.408 e. The van der Waals surface area contributed by atoms with E-state index < -0.39 is 29.8 Å². The number of amides is 2. The molecule has 0 saturated heterocycles. The Morgan fingerprint density at radius 3 is 2.45 bits per heavy atom. The summed E-state index contributed by atoms with van der Waals surface area (Å²) in [4.78, 5) is 33.7. The van der Waals surface area contributed by atoms with E-state index in [1.54, 1.807) is 20.8 Å². The number of carbonyl (C=O) groups excluding carboxylic acids is 2. The third-order valence-electron chi connectivity index (χ3n) is 1.92. The second-order valence-electron chi connectivity index (χ2n) is 5.12. The van der Waals surface area contributed by atoms with Gasteiger partial charge in [-0.05, 0) is 20.8 Å². The number of aliphatic carboxylic acids is 1. The van der Waals surface area contributed by atoms with Gasteiger partial charge in [0.25, 0.3) is 0 Å². The summed E-state index contributed by atoms with van der Waals surface area (Å²) in [5, 5.41) is 13.7. The van der Waals surface area contributed by atoms with Crippen molar-refractivity contribution in [2.45, 2.75) is 32.4 Å². The first kappa shape index (κ1) is 20.1. The SMILES string of the molecule is C=CCOC(=O)NCSC[C@H](NC(=O)OC(C)(C)C)C(=O)O. The molecule has 0 unspecified atom stereocenters. The van der Waals surface area contributed by atoms with Crippen LogP contribution in [0.4, 0.5) is 9.59 Å².